The molecule has 176 valence electrons. The fraction of sp³-hybridized carbons (Fsp3) is 0.409. The molecule has 2 aromatic rings. The summed E-state index contributed by atoms with van der Waals surface area (Å²) >= 11 is 0. The van der Waals surface area contributed by atoms with Crippen LogP contribution in [0.4, 0.5) is 0 Å². The Labute approximate surface area is 186 Å². The third-order valence-electron chi connectivity index (χ3n) is 4.25. The average Bonchev–Trinajstić information content (AvgIpc) is 2.75. The number of ether oxygens (including phenoxy) is 5. The van der Waals surface area contributed by atoms with Crippen LogP contribution in [-0.4, -0.2) is 68.0 Å². The number of hydrogen-bond donors (Lipinski definition) is 4. The van der Waals surface area contributed by atoms with E-state index < -0.39 is 11.7 Å². The van der Waals surface area contributed by atoms with Gasteiger partial charge in [0.1, 0.15) is 17.1 Å². The van der Waals surface area contributed by atoms with Crippen molar-refractivity contribution in [3.05, 3.63) is 41.0 Å². The molecule has 10 nitrogen and oxygen atoms in total. The van der Waals surface area contributed by atoms with Crippen molar-refractivity contribution in [2.75, 3.05) is 46.7 Å². The quantitative estimate of drug-likeness (QED) is 0.203. The SMILES string of the molecule is COC(=O)c1c(O)cc(Oc2cc(C)cc(O)c2O)cc1COCCOCCOCCN. The lowest BCUT2D eigenvalue weighted by Gasteiger charge is -2.15. The zero-order chi connectivity index (χ0) is 23.5. The minimum atomic E-state index is -0.739. The Morgan fingerprint density at radius 1 is 0.906 bits per heavy atom. The van der Waals surface area contributed by atoms with Crippen molar-refractivity contribution >= 4 is 5.97 Å². The van der Waals surface area contributed by atoms with Crippen LogP contribution in [0.5, 0.6) is 28.7 Å². The molecule has 0 aromatic heterocycles. The first-order valence-corrected chi connectivity index (χ1v) is 9.95. The molecule has 0 fully saturated rings. The molecular weight excluding hydrogens is 422 g/mol. The van der Waals surface area contributed by atoms with Gasteiger partial charge in [-0.15, -0.1) is 0 Å². The summed E-state index contributed by atoms with van der Waals surface area (Å²) in [5.74, 6) is -1.79. The highest BCUT2D eigenvalue weighted by molar-refractivity contribution is 5.94. The summed E-state index contributed by atoms with van der Waals surface area (Å²) in [6, 6.07) is 5.59. The predicted octanol–water partition coefficient (Wildman–Crippen LogP) is 2.20. The van der Waals surface area contributed by atoms with Crippen LogP contribution in [0, 0.1) is 6.92 Å². The van der Waals surface area contributed by atoms with Crippen LogP contribution in [0.2, 0.25) is 0 Å². The summed E-state index contributed by atoms with van der Waals surface area (Å²) in [6.07, 6.45) is 0. The maximum absolute atomic E-state index is 12.1. The summed E-state index contributed by atoms with van der Waals surface area (Å²) in [5.41, 5.74) is 6.23. The number of methoxy groups -OCH3 is 1. The number of phenolic OH excluding ortho intramolecular Hbond substituents is 3. The molecule has 0 radical (unpaired) electrons. The van der Waals surface area contributed by atoms with Gasteiger partial charge in [-0.1, -0.05) is 0 Å². The molecule has 5 N–H and O–H groups in total. The Balaban J connectivity index is 2.08. The van der Waals surface area contributed by atoms with Gasteiger partial charge in [-0.2, -0.15) is 0 Å². The zero-order valence-corrected chi connectivity index (χ0v) is 18.1. The van der Waals surface area contributed by atoms with E-state index in [-0.39, 0.29) is 41.8 Å². The molecule has 0 unspecified atom stereocenters. The van der Waals surface area contributed by atoms with Crippen molar-refractivity contribution in [2.24, 2.45) is 5.73 Å². The Hall–Kier alpha value is -3.05. The van der Waals surface area contributed by atoms with E-state index in [2.05, 4.69) is 0 Å². The summed E-state index contributed by atoms with van der Waals surface area (Å²) in [6.45, 7) is 3.97. The fourth-order valence-electron chi connectivity index (χ4n) is 2.80. The van der Waals surface area contributed by atoms with Crippen LogP contribution in [0.1, 0.15) is 21.5 Å². The molecule has 0 aliphatic carbocycles. The first kappa shape index (κ1) is 25.2. The molecule has 2 aromatic carbocycles. The Morgan fingerprint density at radius 2 is 1.56 bits per heavy atom. The molecule has 0 saturated carbocycles. The third kappa shape index (κ3) is 7.27. The van der Waals surface area contributed by atoms with Gasteiger partial charge in [-0.25, -0.2) is 4.79 Å². The Morgan fingerprint density at radius 3 is 2.22 bits per heavy atom. The topological polar surface area (TPSA) is 150 Å². The highest BCUT2D eigenvalue weighted by Crippen LogP contribution is 2.40. The highest BCUT2D eigenvalue weighted by atomic mass is 16.5. The number of aryl methyl sites for hydroxylation is 1. The number of nitrogens with two attached hydrogens (primary N) is 1. The molecule has 0 amide bonds. The second-order valence-electron chi connectivity index (χ2n) is 6.77. The van der Waals surface area contributed by atoms with Gasteiger partial charge in [-0.05, 0) is 36.2 Å². The number of phenols is 3. The van der Waals surface area contributed by atoms with E-state index in [1.165, 1.54) is 31.4 Å². The van der Waals surface area contributed by atoms with E-state index in [0.717, 1.165) is 0 Å². The van der Waals surface area contributed by atoms with E-state index in [0.29, 0.717) is 44.1 Å². The average molecular weight is 451 g/mol. The van der Waals surface area contributed by atoms with E-state index in [4.69, 9.17) is 29.4 Å². The van der Waals surface area contributed by atoms with Crippen molar-refractivity contribution < 1.29 is 43.8 Å². The summed E-state index contributed by atoms with van der Waals surface area (Å²) in [4.78, 5) is 12.1. The number of hydrogen-bond acceptors (Lipinski definition) is 10. The molecule has 0 spiro atoms. The number of benzene rings is 2. The summed E-state index contributed by atoms with van der Waals surface area (Å²) in [7, 11) is 1.20. The number of rotatable bonds is 13. The molecule has 0 bridgehead atoms. The highest BCUT2D eigenvalue weighted by Gasteiger charge is 2.20. The minimum Gasteiger partial charge on any atom is -0.507 e. The maximum Gasteiger partial charge on any atom is 0.342 e. The maximum atomic E-state index is 12.1. The molecule has 10 heteroatoms. The first-order valence-electron chi connectivity index (χ1n) is 9.95. The van der Waals surface area contributed by atoms with E-state index in [1.54, 1.807) is 6.92 Å². The van der Waals surface area contributed by atoms with Gasteiger partial charge in [-0.3, -0.25) is 0 Å². The van der Waals surface area contributed by atoms with Crippen molar-refractivity contribution in [2.45, 2.75) is 13.5 Å². The van der Waals surface area contributed by atoms with Crippen molar-refractivity contribution in [1.29, 1.82) is 0 Å². The lowest BCUT2D eigenvalue weighted by Crippen LogP contribution is -2.14. The number of esters is 1. The van der Waals surface area contributed by atoms with Crippen molar-refractivity contribution in [1.82, 2.24) is 0 Å². The number of aromatic hydroxyl groups is 3. The number of carbonyl (C=O) groups excluding carboxylic acids is 1. The molecule has 2 rings (SSSR count). The van der Waals surface area contributed by atoms with E-state index in [9.17, 15) is 20.1 Å². The van der Waals surface area contributed by atoms with Crippen LogP contribution in [0.15, 0.2) is 24.3 Å². The molecular formula is C22H29NO9. The Kier molecular flexibility index (Phi) is 10.0. The van der Waals surface area contributed by atoms with Crippen LogP contribution < -0.4 is 10.5 Å². The van der Waals surface area contributed by atoms with E-state index in [1.807, 2.05) is 0 Å². The normalized spacial score (nSPS) is 10.8. The van der Waals surface area contributed by atoms with Gasteiger partial charge < -0.3 is 44.7 Å². The second-order valence-corrected chi connectivity index (χ2v) is 6.77. The van der Waals surface area contributed by atoms with E-state index >= 15 is 0 Å². The summed E-state index contributed by atoms with van der Waals surface area (Å²) in [5, 5.41) is 30.2. The van der Waals surface area contributed by atoms with Crippen molar-refractivity contribution in [3.63, 3.8) is 0 Å². The monoisotopic (exact) mass is 451 g/mol. The van der Waals surface area contributed by atoms with Gasteiger partial charge >= 0.3 is 5.97 Å². The molecule has 0 heterocycles. The Bertz CT molecular complexity index is 901. The van der Waals surface area contributed by atoms with Gasteiger partial charge in [0.05, 0.1) is 46.8 Å². The summed E-state index contributed by atoms with van der Waals surface area (Å²) < 4.78 is 26.5. The van der Waals surface area contributed by atoms with Crippen molar-refractivity contribution in [3.8, 4) is 28.7 Å². The van der Waals surface area contributed by atoms with Crippen LogP contribution in [-0.2, 0) is 25.6 Å². The second kappa shape index (κ2) is 12.7. The van der Waals surface area contributed by atoms with Crippen LogP contribution >= 0.6 is 0 Å². The predicted molar refractivity (Wildman–Crippen MR) is 114 cm³/mol. The standard InChI is InChI=1S/C22H29NO9/c1-14-9-18(25)21(26)19(10-14)32-16-11-15(20(17(24)12-16)22(27)28-2)13-31-8-7-30-6-5-29-4-3-23/h9-12,24-26H,3-8,13,23H2,1-2H3. The van der Waals surface area contributed by atoms with Gasteiger partial charge in [0.15, 0.2) is 11.5 Å². The molecule has 0 saturated heterocycles. The zero-order valence-electron chi connectivity index (χ0n) is 18.1. The number of carbonyl (C=O) groups is 1. The lowest BCUT2D eigenvalue weighted by molar-refractivity contribution is 0.0116. The van der Waals surface area contributed by atoms with Crippen LogP contribution in [0.25, 0.3) is 0 Å². The molecule has 0 aliphatic heterocycles. The lowest BCUT2D eigenvalue weighted by atomic mass is 10.1. The van der Waals surface area contributed by atoms with Gasteiger partial charge in [0, 0.05) is 12.6 Å². The van der Waals surface area contributed by atoms with Crippen LogP contribution in [0.3, 0.4) is 0 Å². The smallest absolute Gasteiger partial charge is 0.342 e. The molecule has 0 aliphatic rings. The first-order chi connectivity index (χ1) is 15.4. The third-order valence-corrected chi connectivity index (χ3v) is 4.25. The van der Waals surface area contributed by atoms with Gasteiger partial charge in [0.2, 0.25) is 5.75 Å². The van der Waals surface area contributed by atoms with Gasteiger partial charge in [0.25, 0.3) is 0 Å². The fourth-order valence-corrected chi connectivity index (χ4v) is 2.80. The molecule has 0 atom stereocenters. The largest absolute Gasteiger partial charge is 0.507 e. The minimum absolute atomic E-state index is 0.00941. The molecule has 32 heavy (non-hydrogen) atoms.